The molecule has 1 heterocycles. The minimum atomic E-state index is -0.881. The highest BCUT2D eigenvalue weighted by atomic mass is 16.3. The summed E-state index contributed by atoms with van der Waals surface area (Å²) in [4.78, 5) is 36.6. The molecule has 0 aliphatic heterocycles. The maximum absolute atomic E-state index is 12.4. The lowest BCUT2D eigenvalue weighted by atomic mass is 9.80. The van der Waals surface area contributed by atoms with E-state index in [1.165, 1.54) is 12.3 Å². The maximum atomic E-state index is 12.4. The van der Waals surface area contributed by atoms with Crippen molar-refractivity contribution in [3.8, 4) is 0 Å². The Hall–Kier alpha value is -2.31. The fraction of sp³-hybridized carbons (Fsp3) is 0.562. The van der Waals surface area contributed by atoms with Crippen LogP contribution >= 0.6 is 0 Å². The van der Waals surface area contributed by atoms with E-state index in [4.69, 9.17) is 4.42 Å². The average molecular weight is 321 g/mol. The summed E-state index contributed by atoms with van der Waals surface area (Å²) < 4.78 is 4.99. The van der Waals surface area contributed by atoms with Crippen molar-refractivity contribution in [2.45, 2.75) is 50.6 Å². The van der Waals surface area contributed by atoms with Crippen molar-refractivity contribution >= 4 is 17.7 Å². The highest BCUT2D eigenvalue weighted by Gasteiger charge is 2.41. The van der Waals surface area contributed by atoms with Crippen molar-refractivity contribution in [2.24, 2.45) is 0 Å². The van der Waals surface area contributed by atoms with Crippen molar-refractivity contribution in [1.29, 1.82) is 0 Å². The Labute approximate surface area is 135 Å². The number of furan rings is 1. The number of hydrogen-bond donors (Lipinski definition) is 3. The third-order valence-electron chi connectivity index (χ3n) is 4.22. The van der Waals surface area contributed by atoms with E-state index < -0.39 is 17.5 Å². The predicted molar refractivity (Wildman–Crippen MR) is 83.7 cm³/mol. The van der Waals surface area contributed by atoms with Gasteiger partial charge in [0.1, 0.15) is 11.6 Å². The van der Waals surface area contributed by atoms with Gasteiger partial charge in [-0.05, 0) is 31.9 Å². The van der Waals surface area contributed by atoms with Crippen LogP contribution in [0.4, 0.5) is 0 Å². The Bertz CT molecular complexity index is 562. The lowest BCUT2D eigenvalue weighted by Crippen LogP contribution is -2.62. The zero-order valence-electron chi connectivity index (χ0n) is 13.5. The molecule has 3 amide bonds. The third kappa shape index (κ3) is 3.91. The molecule has 7 nitrogen and oxygen atoms in total. The van der Waals surface area contributed by atoms with E-state index in [1.54, 1.807) is 20.0 Å². The van der Waals surface area contributed by atoms with E-state index in [0.29, 0.717) is 12.8 Å². The predicted octanol–water partition coefficient (Wildman–Crippen LogP) is 0.963. The third-order valence-corrected chi connectivity index (χ3v) is 4.22. The van der Waals surface area contributed by atoms with Gasteiger partial charge in [-0.15, -0.1) is 0 Å². The molecule has 0 unspecified atom stereocenters. The summed E-state index contributed by atoms with van der Waals surface area (Å²) >= 11 is 0. The van der Waals surface area contributed by atoms with Crippen molar-refractivity contribution in [3.63, 3.8) is 0 Å². The van der Waals surface area contributed by atoms with E-state index in [9.17, 15) is 14.4 Å². The zero-order valence-corrected chi connectivity index (χ0v) is 13.5. The first-order valence-corrected chi connectivity index (χ1v) is 7.87. The summed E-state index contributed by atoms with van der Waals surface area (Å²) in [6.07, 6.45) is 5.44. The quantitative estimate of drug-likeness (QED) is 0.752. The molecule has 1 aliphatic carbocycles. The van der Waals surface area contributed by atoms with Crippen LogP contribution in [0.1, 0.15) is 49.6 Å². The number of amides is 3. The van der Waals surface area contributed by atoms with E-state index in [-0.39, 0.29) is 17.6 Å². The van der Waals surface area contributed by atoms with Gasteiger partial charge in [-0.1, -0.05) is 19.3 Å². The van der Waals surface area contributed by atoms with E-state index in [0.717, 1.165) is 19.3 Å². The molecule has 3 N–H and O–H groups in total. The molecule has 2 rings (SSSR count). The molecule has 23 heavy (non-hydrogen) atoms. The van der Waals surface area contributed by atoms with E-state index in [1.807, 2.05) is 0 Å². The first-order chi connectivity index (χ1) is 11.0. The van der Waals surface area contributed by atoms with Crippen molar-refractivity contribution in [3.05, 3.63) is 24.2 Å². The van der Waals surface area contributed by atoms with Crippen LogP contribution in [-0.2, 0) is 9.59 Å². The minimum Gasteiger partial charge on any atom is -0.459 e. The first kappa shape index (κ1) is 17.1. The standard InChI is InChI=1S/C16H23N3O4/c1-11(18-14(21)12-7-6-10-23-12)13(20)19-16(15(22)17-2)8-4-3-5-9-16/h6-7,10-11H,3-5,8-9H2,1-2H3,(H,17,22)(H,18,21)(H,19,20)/t11-/m1/s1. The minimum absolute atomic E-state index is 0.142. The van der Waals surface area contributed by atoms with Gasteiger partial charge in [0, 0.05) is 7.05 Å². The fourth-order valence-corrected chi connectivity index (χ4v) is 2.89. The highest BCUT2D eigenvalue weighted by molar-refractivity contribution is 5.97. The molecular weight excluding hydrogens is 298 g/mol. The number of carbonyl (C=O) groups is 3. The summed E-state index contributed by atoms with van der Waals surface area (Å²) in [5.41, 5.74) is -0.881. The van der Waals surface area contributed by atoms with E-state index >= 15 is 0 Å². The molecule has 0 bridgehead atoms. The fourth-order valence-electron chi connectivity index (χ4n) is 2.89. The van der Waals surface area contributed by atoms with Crippen molar-refractivity contribution < 1.29 is 18.8 Å². The summed E-state index contributed by atoms with van der Waals surface area (Å²) in [5, 5.41) is 8.03. The molecule has 1 aromatic heterocycles. The lowest BCUT2D eigenvalue weighted by Gasteiger charge is -2.37. The number of hydrogen-bond acceptors (Lipinski definition) is 4. The lowest BCUT2D eigenvalue weighted by molar-refractivity contribution is -0.135. The molecule has 1 atom stereocenters. The largest absolute Gasteiger partial charge is 0.459 e. The second kappa shape index (κ2) is 7.30. The summed E-state index contributed by atoms with van der Waals surface area (Å²) in [6, 6.07) is 2.35. The van der Waals surface area contributed by atoms with Gasteiger partial charge in [-0.2, -0.15) is 0 Å². The monoisotopic (exact) mass is 321 g/mol. The number of rotatable bonds is 5. The summed E-state index contributed by atoms with van der Waals surface area (Å²) in [6.45, 7) is 1.58. The van der Waals surface area contributed by atoms with Gasteiger partial charge in [0.2, 0.25) is 11.8 Å². The zero-order chi connectivity index (χ0) is 16.9. The normalized spacial score (nSPS) is 17.8. The van der Waals surface area contributed by atoms with E-state index in [2.05, 4.69) is 16.0 Å². The summed E-state index contributed by atoms with van der Waals surface area (Å²) in [5.74, 6) is -0.885. The molecule has 0 saturated heterocycles. The van der Waals surface area contributed by atoms with Crippen LogP contribution in [0.2, 0.25) is 0 Å². The van der Waals surface area contributed by atoms with Gasteiger partial charge < -0.3 is 20.4 Å². The van der Waals surface area contributed by atoms with Crippen LogP contribution < -0.4 is 16.0 Å². The SMILES string of the molecule is CNC(=O)C1(NC(=O)[C@@H](C)NC(=O)c2ccco2)CCCCC1. The average Bonchev–Trinajstić information content (AvgIpc) is 3.09. The topological polar surface area (TPSA) is 100 Å². The molecule has 1 fully saturated rings. The Morgan fingerprint density at radius 3 is 2.48 bits per heavy atom. The smallest absolute Gasteiger partial charge is 0.287 e. The van der Waals surface area contributed by atoms with Crippen LogP contribution in [0.15, 0.2) is 22.8 Å². The Morgan fingerprint density at radius 1 is 1.22 bits per heavy atom. The van der Waals surface area contributed by atoms with Crippen LogP contribution in [0.5, 0.6) is 0 Å². The van der Waals surface area contributed by atoms with Gasteiger partial charge in [-0.3, -0.25) is 14.4 Å². The van der Waals surface area contributed by atoms with Crippen LogP contribution in [0.25, 0.3) is 0 Å². The second-order valence-corrected chi connectivity index (χ2v) is 5.88. The Kier molecular flexibility index (Phi) is 5.41. The van der Waals surface area contributed by atoms with Crippen molar-refractivity contribution in [2.75, 3.05) is 7.05 Å². The molecule has 1 aliphatic rings. The van der Waals surface area contributed by atoms with Gasteiger partial charge in [0.15, 0.2) is 5.76 Å². The molecule has 7 heteroatoms. The van der Waals surface area contributed by atoms with Crippen LogP contribution in [-0.4, -0.2) is 36.3 Å². The molecule has 1 aromatic rings. The molecule has 0 aromatic carbocycles. The van der Waals surface area contributed by atoms with Crippen LogP contribution in [0, 0.1) is 0 Å². The second-order valence-electron chi connectivity index (χ2n) is 5.88. The molecule has 1 saturated carbocycles. The Morgan fingerprint density at radius 2 is 1.91 bits per heavy atom. The van der Waals surface area contributed by atoms with Crippen molar-refractivity contribution in [1.82, 2.24) is 16.0 Å². The number of carbonyl (C=O) groups excluding carboxylic acids is 3. The molecule has 0 spiro atoms. The van der Waals surface area contributed by atoms with Crippen LogP contribution in [0.3, 0.4) is 0 Å². The first-order valence-electron chi connectivity index (χ1n) is 7.87. The molecule has 126 valence electrons. The number of nitrogens with one attached hydrogen (secondary N) is 3. The summed E-state index contributed by atoms with van der Waals surface area (Å²) in [7, 11) is 1.56. The van der Waals surface area contributed by atoms with Gasteiger partial charge in [0.05, 0.1) is 6.26 Å². The Balaban J connectivity index is 2.00. The highest BCUT2D eigenvalue weighted by Crippen LogP contribution is 2.28. The number of likely N-dealkylation sites (N-methyl/N-ethyl adjacent to an activating group) is 1. The molecule has 0 radical (unpaired) electrons. The van der Waals surface area contributed by atoms with Gasteiger partial charge in [-0.25, -0.2) is 0 Å². The maximum Gasteiger partial charge on any atom is 0.287 e. The van der Waals surface area contributed by atoms with Gasteiger partial charge in [0.25, 0.3) is 5.91 Å². The van der Waals surface area contributed by atoms with Gasteiger partial charge >= 0.3 is 0 Å². The molecular formula is C16H23N3O4.